The maximum atomic E-state index is 11.9. The normalized spacial score (nSPS) is 11.5. The van der Waals surface area contributed by atoms with Crippen molar-refractivity contribution in [2.24, 2.45) is 0 Å². The molecule has 8 heteroatoms. The van der Waals surface area contributed by atoms with Crippen molar-refractivity contribution >= 4 is 15.9 Å². The maximum absolute atomic E-state index is 11.9. The Morgan fingerprint density at radius 1 is 1.35 bits per heavy atom. The van der Waals surface area contributed by atoms with Crippen LogP contribution in [0.4, 0.5) is 0 Å². The molecule has 0 radical (unpaired) electrons. The summed E-state index contributed by atoms with van der Waals surface area (Å²) in [5, 5.41) is 8.94. The number of H-pyrrole nitrogens is 1. The first-order valence-electron chi connectivity index (χ1n) is 5.10. The third kappa shape index (κ3) is 3.53. The number of sulfonamides is 1. The Bertz CT molecular complexity index is 487. The number of aromatic nitrogens is 2. The summed E-state index contributed by atoms with van der Waals surface area (Å²) in [4.78, 5) is 10.8. The topological polar surface area (TPSA) is 104 Å². The molecule has 7 nitrogen and oxygen atoms in total. The first-order valence-corrected chi connectivity index (χ1v) is 6.58. The molecule has 1 rings (SSSR count). The third-order valence-electron chi connectivity index (χ3n) is 2.12. The average Bonchev–Trinajstić information content (AvgIpc) is 2.53. The van der Waals surface area contributed by atoms with Crippen LogP contribution in [0.15, 0.2) is 4.90 Å². The van der Waals surface area contributed by atoms with Crippen LogP contribution in [0, 0.1) is 13.8 Å². The van der Waals surface area contributed by atoms with E-state index in [1.807, 2.05) is 0 Å². The van der Waals surface area contributed by atoms with Crippen molar-refractivity contribution in [3.8, 4) is 0 Å². The van der Waals surface area contributed by atoms with Gasteiger partial charge in [-0.3, -0.25) is 9.89 Å². The highest BCUT2D eigenvalue weighted by atomic mass is 32.2. The Hall–Kier alpha value is -1.41. The van der Waals surface area contributed by atoms with Crippen molar-refractivity contribution in [2.45, 2.75) is 25.7 Å². The molecule has 0 atom stereocenters. The quantitative estimate of drug-likeness (QED) is 0.617. The number of hydrogen-bond donors (Lipinski definition) is 3. The van der Waals surface area contributed by atoms with Gasteiger partial charge in [0.05, 0.1) is 11.4 Å². The molecule has 17 heavy (non-hydrogen) atoms. The van der Waals surface area contributed by atoms with E-state index in [1.165, 1.54) is 6.92 Å². The van der Waals surface area contributed by atoms with E-state index in [2.05, 4.69) is 20.2 Å². The van der Waals surface area contributed by atoms with Crippen LogP contribution < -0.4 is 10.0 Å². The van der Waals surface area contributed by atoms with Gasteiger partial charge in [0.15, 0.2) is 0 Å². The van der Waals surface area contributed by atoms with Gasteiger partial charge in [-0.15, -0.1) is 0 Å². The van der Waals surface area contributed by atoms with Gasteiger partial charge in [0.25, 0.3) is 0 Å². The fourth-order valence-corrected chi connectivity index (χ4v) is 2.83. The molecule has 0 fully saturated rings. The SMILES string of the molecule is CC(=O)NCCNS(=O)(=O)c1c(C)n[nH]c1C. The lowest BCUT2D eigenvalue weighted by Crippen LogP contribution is -2.34. The number of hydrogen-bond acceptors (Lipinski definition) is 4. The Kier molecular flexibility index (Phi) is 4.24. The van der Waals surface area contributed by atoms with Gasteiger partial charge >= 0.3 is 0 Å². The van der Waals surface area contributed by atoms with Crippen LogP contribution in [0.5, 0.6) is 0 Å². The largest absolute Gasteiger partial charge is 0.355 e. The second kappa shape index (κ2) is 5.28. The minimum Gasteiger partial charge on any atom is -0.355 e. The van der Waals surface area contributed by atoms with Gasteiger partial charge < -0.3 is 5.32 Å². The molecule has 0 saturated carbocycles. The summed E-state index contributed by atoms with van der Waals surface area (Å²) in [7, 11) is -3.57. The lowest BCUT2D eigenvalue weighted by atomic mass is 10.4. The molecule has 1 aromatic rings. The summed E-state index contributed by atoms with van der Waals surface area (Å²) in [5.41, 5.74) is 0.920. The van der Waals surface area contributed by atoms with Gasteiger partial charge in [-0.1, -0.05) is 0 Å². The van der Waals surface area contributed by atoms with E-state index in [4.69, 9.17) is 0 Å². The minimum absolute atomic E-state index is 0.145. The molecular weight excluding hydrogens is 244 g/mol. The molecule has 1 amide bonds. The molecule has 0 aromatic carbocycles. The van der Waals surface area contributed by atoms with Crippen LogP contribution in [0.2, 0.25) is 0 Å². The highest BCUT2D eigenvalue weighted by Crippen LogP contribution is 2.15. The number of aromatic amines is 1. The molecule has 3 N–H and O–H groups in total. The number of nitrogens with one attached hydrogen (secondary N) is 3. The second-order valence-electron chi connectivity index (χ2n) is 3.64. The monoisotopic (exact) mass is 260 g/mol. The van der Waals surface area contributed by atoms with Crippen LogP contribution in [0.3, 0.4) is 0 Å². The third-order valence-corrected chi connectivity index (χ3v) is 3.84. The Labute approximate surface area is 100 Å². The molecular formula is C9H16N4O3S. The van der Waals surface area contributed by atoms with Crippen molar-refractivity contribution in [1.29, 1.82) is 0 Å². The lowest BCUT2D eigenvalue weighted by molar-refractivity contribution is -0.118. The molecule has 1 aromatic heterocycles. The zero-order valence-electron chi connectivity index (χ0n) is 9.99. The molecule has 96 valence electrons. The molecule has 0 aliphatic rings. The van der Waals surface area contributed by atoms with Gasteiger partial charge in [0.2, 0.25) is 15.9 Å². The summed E-state index contributed by atoms with van der Waals surface area (Å²) in [6, 6.07) is 0. The second-order valence-corrected chi connectivity index (χ2v) is 5.35. The number of aryl methyl sites for hydroxylation is 2. The molecule has 0 aliphatic carbocycles. The number of nitrogens with zero attached hydrogens (tertiary/aromatic N) is 1. The highest BCUT2D eigenvalue weighted by molar-refractivity contribution is 7.89. The van der Waals surface area contributed by atoms with E-state index >= 15 is 0 Å². The summed E-state index contributed by atoms with van der Waals surface area (Å²) in [6.45, 7) is 5.03. The van der Waals surface area contributed by atoms with E-state index in [0.29, 0.717) is 11.4 Å². The Balaban J connectivity index is 2.67. The Morgan fingerprint density at radius 2 is 2.00 bits per heavy atom. The van der Waals surface area contributed by atoms with E-state index in [9.17, 15) is 13.2 Å². The van der Waals surface area contributed by atoms with Crippen LogP contribution in [0.25, 0.3) is 0 Å². The van der Waals surface area contributed by atoms with E-state index in [-0.39, 0.29) is 23.9 Å². The molecule has 0 bridgehead atoms. The molecule has 1 heterocycles. The molecule has 0 saturated heterocycles. The van der Waals surface area contributed by atoms with Crippen molar-refractivity contribution in [3.63, 3.8) is 0 Å². The summed E-state index contributed by atoms with van der Waals surface area (Å²) >= 11 is 0. The Morgan fingerprint density at radius 3 is 2.47 bits per heavy atom. The van der Waals surface area contributed by atoms with Crippen molar-refractivity contribution in [1.82, 2.24) is 20.2 Å². The summed E-state index contributed by atoms with van der Waals surface area (Å²) in [6.07, 6.45) is 0. The van der Waals surface area contributed by atoms with Crippen LogP contribution in [-0.4, -0.2) is 37.6 Å². The molecule has 0 spiro atoms. The number of rotatable bonds is 5. The van der Waals surface area contributed by atoms with E-state index in [0.717, 1.165) is 0 Å². The zero-order valence-corrected chi connectivity index (χ0v) is 10.8. The van der Waals surface area contributed by atoms with Crippen LogP contribution >= 0.6 is 0 Å². The number of carbonyl (C=O) groups is 1. The average molecular weight is 260 g/mol. The molecule has 0 aliphatic heterocycles. The predicted molar refractivity (Wildman–Crippen MR) is 61.9 cm³/mol. The first kappa shape index (κ1) is 13.7. The van der Waals surface area contributed by atoms with Gasteiger partial charge in [-0.2, -0.15) is 5.10 Å². The summed E-state index contributed by atoms with van der Waals surface area (Å²) < 4.78 is 26.2. The number of carbonyl (C=O) groups excluding carboxylic acids is 1. The fourth-order valence-electron chi connectivity index (χ4n) is 1.43. The van der Waals surface area contributed by atoms with E-state index in [1.54, 1.807) is 13.8 Å². The van der Waals surface area contributed by atoms with Gasteiger partial charge in [0, 0.05) is 20.0 Å². The van der Waals surface area contributed by atoms with Crippen LogP contribution in [-0.2, 0) is 14.8 Å². The standard InChI is InChI=1S/C9H16N4O3S/c1-6-9(7(2)13-12-6)17(15,16)11-5-4-10-8(3)14/h11H,4-5H2,1-3H3,(H,10,14)(H,12,13). The van der Waals surface area contributed by atoms with Crippen molar-refractivity contribution in [3.05, 3.63) is 11.4 Å². The van der Waals surface area contributed by atoms with Gasteiger partial charge in [-0.05, 0) is 13.8 Å². The zero-order chi connectivity index (χ0) is 13.1. The first-order chi connectivity index (χ1) is 7.84. The highest BCUT2D eigenvalue weighted by Gasteiger charge is 2.21. The van der Waals surface area contributed by atoms with Gasteiger partial charge in [0.1, 0.15) is 4.90 Å². The van der Waals surface area contributed by atoms with Crippen molar-refractivity contribution < 1.29 is 13.2 Å². The van der Waals surface area contributed by atoms with E-state index < -0.39 is 10.0 Å². The predicted octanol–water partition coefficient (Wildman–Crippen LogP) is -0.559. The lowest BCUT2D eigenvalue weighted by Gasteiger charge is -2.06. The van der Waals surface area contributed by atoms with Crippen LogP contribution in [0.1, 0.15) is 18.3 Å². The maximum Gasteiger partial charge on any atom is 0.244 e. The fraction of sp³-hybridized carbons (Fsp3) is 0.556. The minimum atomic E-state index is -3.57. The van der Waals surface area contributed by atoms with Gasteiger partial charge in [-0.25, -0.2) is 13.1 Å². The smallest absolute Gasteiger partial charge is 0.244 e. The molecule has 0 unspecified atom stereocenters. The van der Waals surface area contributed by atoms with Crippen molar-refractivity contribution in [2.75, 3.05) is 13.1 Å². The summed E-state index contributed by atoms with van der Waals surface area (Å²) in [5.74, 6) is -0.195. The number of amides is 1.